The first-order valence-electron chi connectivity index (χ1n) is 6.34. The highest BCUT2D eigenvalue weighted by molar-refractivity contribution is 5.54. The van der Waals surface area contributed by atoms with E-state index in [1.54, 1.807) is 0 Å². The molecule has 2 nitrogen and oxygen atoms in total. The van der Waals surface area contributed by atoms with E-state index in [0.717, 1.165) is 11.5 Å². The number of fused-ring (bicyclic) bond motifs is 2. The van der Waals surface area contributed by atoms with E-state index in [0.29, 0.717) is 12.0 Å². The summed E-state index contributed by atoms with van der Waals surface area (Å²) in [7, 11) is 2.01. The third kappa shape index (κ3) is 1.70. The van der Waals surface area contributed by atoms with Crippen LogP contribution in [0.4, 0.5) is 0 Å². The van der Waals surface area contributed by atoms with E-state index in [-0.39, 0.29) is 0 Å². The van der Waals surface area contributed by atoms with Gasteiger partial charge >= 0.3 is 0 Å². The van der Waals surface area contributed by atoms with E-state index >= 15 is 0 Å². The van der Waals surface area contributed by atoms with Gasteiger partial charge in [-0.05, 0) is 26.1 Å². The Morgan fingerprint density at radius 3 is 1.94 bits per heavy atom. The van der Waals surface area contributed by atoms with Crippen molar-refractivity contribution in [3.05, 3.63) is 59.7 Å². The highest BCUT2D eigenvalue weighted by Crippen LogP contribution is 2.45. The van der Waals surface area contributed by atoms with Crippen molar-refractivity contribution in [2.45, 2.75) is 18.9 Å². The predicted octanol–water partition coefficient (Wildman–Crippen LogP) is 3.53. The molecule has 2 heteroatoms. The number of benzene rings is 2. The van der Waals surface area contributed by atoms with Gasteiger partial charge in [0.25, 0.3) is 0 Å². The molecule has 0 saturated heterocycles. The smallest absolute Gasteiger partial charge is 0.131 e. The minimum absolute atomic E-state index is 0.344. The first-order chi connectivity index (χ1) is 8.81. The van der Waals surface area contributed by atoms with Crippen LogP contribution in [0, 0.1) is 0 Å². The number of ether oxygens (including phenoxy) is 1. The molecule has 0 spiro atoms. The first-order valence-corrected chi connectivity index (χ1v) is 6.34. The van der Waals surface area contributed by atoms with Crippen LogP contribution in [0.2, 0.25) is 0 Å². The van der Waals surface area contributed by atoms with Gasteiger partial charge in [0, 0.05) is 23.1 Å². The quantitative estimate of drug-likeness (QED) is 0.865. The largest absolute Gasteiger partial charge is 0.457 e. The van der Waals surface area contributed by atoms with Gasteiger partial charge in [0.05, 0.1) is 0 Å². The topological polar surface area (TPSA) is 21.3 Å². The van der Waals surface area contributed by atoms with E-state index < -0.39 is 0 Å². The Morgan fingerprint density at radius 2 is 1.44 bits per heavy atom. The van der Waals surface area contributed by atoms with Crippen molar-refractivity contribution in [1.82, 2.24) is 5.32 Å². The van der Waals surface area contributed by atoms with Crippen LogP contribution in [-0.2, 0) is 0 Å². The third-order valence-electron chi connectivity index (χ3n) is 3.68. The fourth-order valence-electron chi connectivity index (χ4n) is 2.65. The number of likely N-dealkylation sites (N-methyl/N-ethyl adjacent to an activating group) is 1. The molecule has 18 heavy (non-hydrogen) atoms. The van der Waals surface area contributed by atoms with Gasteiger partial charge < -0.3 is 10.1 Å². The average molecular weight is 239 g/mol. The summed E-state index contributed by atoms with van der Waals surface area (Å²) in [5.41, 5.74) is 2.52. The average Bonchev–Trinajstić information content (AvgIpc) is 2.44. The van der Waals surface area contributed by atoms with Gasteiger partial charge in [-0.15, -0.1) is 0 Å². The molecule has 0 fully saturated rings. The second-order valence-electron chi connectivity index (χ2n) is 4.73. The van der Waals surface area contributed by atoms with Crippen LogP contribution < -0.4 is 10.1 Å². The van der Waals surface area contributed by atoms with E-state index in [2.05, 4.69) is 36.5 Å². The van der Waals surface area contributed by atoms with Crippen molar-refractivity contribution >= 4 is 0 Å². The summed E-state index contributed by atoms with van der Waals surface area (Å²) in [6.07, 6.45) is 0. The molecule has 0 aromatic heterocycles. The maximum Gasteiger partial charge on any atom is 0.131 e. The lowest BCUT2D eigenvalue weighted by Gasteiger charge is -2.32. The molecule has 1 aliphatic heterocycles. The number of hydrogen-bond acceptors (Lipinski definition) is 2. The Kier molecular flexibility index (Phi) is 2.80. The molecule has 0 radical (unpaired) electrons. The van der Waals surface area contributed by atoms with Crippen molar-refractivity contribution in [1.29, 1.82) is 0 Å². The van der Waals surface area contributed by atoms with Gasteiger partial charge in [0.1, 0.15) is 11.5 Å². The van der Waals surface area contributed by atoms with E-state index in [9.17, 15) is 0 Å². The van der Waals surface area contributed by atoms with Crippen LogP contribution in [0.25, 0.3) is 0 Å². The number of para-hydroxylation sites is 2. The van der Waals surface area contributed by atoms with Crippen molar-refractivity contribution in [2.24, 2.45) is 0 Å². The van der Waals surface area contributed by atoms with Gasteiger partial charge in [-0.2, -0.15) is 0 Å². The van der Waals surface area contributed by atoms with Gasteiger partial charge in [-0.3, -0.25) is 0 Å². The zero-order chi connectivity index (χ0) is 12.5. The molecule has 3 rings (SSSR count). The third-order valence-corrected chi connectivity index (χ3v) is 3.68. The van der Waals surface area contributed by atoms with Gasteiger partial charge in [-0.1, -0.05) is 36.4 Å². The minimum atomic E-state index is 0.344. The van der Waals surface area contributed by atoms with Gasteiger partial charge in [0.15, 0.2) is 0 Å². The summed E-state index contributed by atoms with van der Waals surface area (Å²) in [6, 6.07) is 17.0. The molecule has 1 N–H and O–H groups in total. The fourth-order valence-corrected chi connectivity index (χ4v) is 2.65. The van der Waals surface area contributed by atoms with Crippen LogP contribution in [0.15, 0.2) is 48.5 Å². The molecule has 0 bridgehead atoms. The lowest BCUT2D eigenvalue weighted by molar-refractivity contribution is 0.421. The van der Waals surface area contributed by atoms with Crippen LogP contribution in [0.1, 0.15) is 24.0 Å². The highest BCUT2D eigenvalue weighted by atomic mass is 16.5. The number of rotatable bonds is 2. The van der Waals surface area contributed by atoms with E-state index in [4.69, 9.17) is 4.74 Å². The molecule has 1 heterocycles. The molecule has 2 aromatic carbocycles. The Morgan fingerprint density at radius 1 is 0.944 bits per heavy atom. The summed E-state index contributed by atoms with van der Waals surface area (Å²) in [4.78, 5) is 0. The molecule has 0 aliphatic carbocycles. The number of hydrogen-bond donors (Lipinski definition) is 1. The van der Waals surface area contributed by atoms with Crippen molar-refractivity contribution < 1.29 is 4.74 Å². The zero-order valence-electron chi connectivity index (χ0n) is 10.7. The summed E-state index contributed by atoms with van der Waals surface area (Å²) >= 11 is 0. The maximum atomic E-state index is 5.97. The SMILES string of the molecule is CNC(C)C1c2ccccc2Oc2ccccc21. The summed E-state index contributed by atoms with van der Waals surface area (Å²) in [5.74, 6) is 2.29. The molecule has 2 aromatic rings. The molecule has 1 aliphatic rings. The molecule has 1 unspecified atom stereocenters. The Bertz CT molecular complexity index is 519. The summed E-state index contributed by atoms with van der Waals surface area (Å²) in [5, 5.41) is 3.36. The van der Waals surface area contributed by atoms with Gasteiger partial charge in [0.2, 0.25) is 0 Å². The molecule has 0 saturated carbocycles. The number of nitrogens with one attached hydrogen (secondary N) is 1. The fraction of sp³-hybridized carbons (Fsp3) is 0.250. The monoisotopic (exact) mass is 239 g/mol. The van der Waals surface area contributed by atoms with Crippen molar-refractivity contribution in [3.8, 4) is 11.5 Å². The lowest BCUT2D eigenvalue weighted by atomic mass is 9.83. The van der Waals surface area contributed by atoms with Crippen molar-refractivity contribution in [2.75, 3.05) is 7.05 Å². The standard InChI is InChI=1S/C16H17NO/c1-11(17-2)16-12-7-3-5-9-14(12)18-15-10-6-4-8-13(15)16/h3-11,16-17H,1-2H3. The first kappa shape index (κ1) is 11.3. The lowest BCUT2D eigenvalue weighted by Crippen LogP contribution is -2.31. The minimum Gasteiger partial charge on any atom is -0.457 e. The molecule has 1 atom stereocenters. The van der Waals surface area contributed by atoms with E-state index in [1.807, 2.05) is 31.3 Å². The zero-order valence-corrected chi connectivity index (χ0v) is 10.7. The van der Waals surface area contributed by atoms with Crippen LogP contribution >= 0.6 is 0 Å². The second-order valence-corrected chi connectivity index (χ2v) is 4.73. The second kappa shape index (κ2) is 4.46. The van der Waals surface area contributed by atoms with E-state index in [1.165, 1.54) is 11.1 Å². The highest BCUT2D eigenvalue weighted by Gasteiger charge is 2.29. The normalized spacial score (nSPS) is 15.4. The Hall–Kier alpha value is -1.80. The Balaban J connectivity index is 2.17. The maximum absolute atomic E-state index is 5.97. The molecular weight excluding hydrogens is 222 g/mol. The molecule has 0 amide bonds. The molecular formula is C16H17NO. The Labute approximate surface area is 108 Å². The van der Waals surface area contributed by atoms with Crippen LogP contribution in [0.3, 0.4) is 0 Å². The van der Waals surface area contributed by atoms with Crippen molar-refractivity contribution in [3.63, 3.8) is 0 Å². The summed E-state index contributed by atoms with van der Waals surface area (Å²) in [6.45, 7) is 2.21. The van der Waals surface area contributed by atoms with Gasteiger partial charge in [-0.25, -0.2) is 0 Å². The molecule has 92 valence electrons. The summed E-state index contributed by atoms with van der Waals surface area (Å²) < 4.78 is 5.97. The van der Waals surface area contributed by atoms with Crippen LogP contribution in [0.5, 0.6) is 11.5 Å². The predicted molar refractivity (Wildman–Crippen MR) is 73.3 cm³/mol. The van der Waals surface area contributed by atoms with Crippen LogP contribution in [-0.4, -0.2) is 13.1 Å².